The molecule has 1 fully saturated rings. The number of aliphatic hydroxyl groups excluding tert-OH is 1. The monoisotopic (exact) mass is 315 g/mol. The van der Waals surface area contributed by atoms with Gasteiger partial charge in [-0.3, -0.25) is 9.58 Å². The lowest BCUT2D eigenvalue weighted by Crippen LogP contribution is -2.51. The predicted molar refractivity (Wildman–Crippen MR) is 83.6 cm³/mol. The van der Waals surface area contributed by atoms with E-state index in [0.717, 1.165) is 13.1 Å². The number of halogens is 1. The Morgan fingerprint density at radius 3 is 2.67 bits per heavy atom. The van der Waals surface area contributed by atoms with E-state index < -0.39 is 6.10 Å². The lowest BCUT2D eigenvalue weighted by atomic mass is 9.90. The molecule has 1 aromatic rings. The summed E-state index contributed by atoms with van der Waals surface area (Å²) in [5, 5.41) is 15.7. The fourth-order valence-corrected chi connectivity index (χ4v) is 3.22. The summed E-state index contributed by atoms with van der Waals surface area (Å²) in [5.41, 5.74) is 0.318. The molecule has 120 valence electrons. The van der Waals surface area contributed by atoms with Crippen LogP contribution in [0.4, 0.5) is 0 Å². The fraction of sp³-hybridized carbons (Fsp3) is 0.800. The zero-order valence-electron chi connectivity index (χ0n) is 13.2. The van der Waals surface area contributed by atoms with Crippen molar-refractivity contribution < 1.29 is 9.84 Å². The van der Waals surface area contributed by atoms with Gasteiger partial charge in [0.05, 0.1) is 30.1 Å². The van der Waals surface area contributed by atoms with E-state index in [9.17, 15) is 5.11 Å². The van der Waals surface area contributed by atoms with Crippen molar-refractivity contribution in [3.8, 4) is 0 Å². The first-order valence-electron chi connectivity index (χ1n) is 7.61. The second-order valence-electron chi connectivity index (χ2n) is 6.20. The standard InChI is InChI=1S/C15H26ClN3O2/c1-15(2,18-7-5-4-6-8-18)14(20)13-12(16)11-17-19(13)9-10-21-3/h11,14,20H,4-10H2,1-3H3. The first kappa shape index (κ1) is 16.7. The molecule has 0 radical (unpaired) electrons. The van der Waals surface area contributed by atoms with E-state index in [1.54, 1.807) is 18.0 Å². The summed E-state index contributed by atoms with van der Waals surface area (Å²) >= 11 is 6.26. The van der Waals surface area contributed by atoms with Gasteiger partial charge >= 0.3 is 0 Å². The molecule has 1 N–H and O–H groups in total. The Labute approximate surface area is 131 Å². The fourth-order valence-electron chi connectivity index (χ4n) is 2.98. The molecule has 1 atom stereocenters. The van der Waals surface area contributed by atoms with Crippen molar-refractivity contribution in [2.24, 2.45) is 0 Å². The van der Waals surface area contributed by atoms with Crippen LogP contribution >= 0.6 is 11.6 Å². The molecule has 21 heavy (non-hydrogen) atoms. The minimum atomic E-state index is -0.678. The van der Waals surface area contributed by atoms with Gasteiger partial charge in [0.1, 0.15) is 6.10 Å². The molecule has 1 aliphatic rings. The molecule has 0 saturated carbocycles. The molecule has 1 saturated heterocycles. The molecular weight excluding hydrogens is 290 g/mol. The van der Waals surface area contributed by atoms with Crippen molar-refractivity contribution in [1.29, 1.82) is 0 Å². The topological polar surface area (TPSA) is 50.5 Å². The summed E-state index contributed by atoms with van der Waals surface area (Å²) in [6, 6.07) is 0. The van der Waals surface area contributed by atoms with Crippen LogP contribution in [0, 0.1) is 0 Å². The average molecular weight is 316 g/mol. The molecule has 0 bridgehead atoms. The number of likely N-dealkylation sites (tertiary alicyclic amines) is 1. The summed E-state index contributed by atoms with van der Waals surface area (Å²) in [6.07, 6.45) is 4.57. The van der Waals surface area contributed by atoms with Gasteiger partial charge < -0.3 is 9.84 Å². The first-order valence-corrected chi connectivity index (χ1v) is 7.99. The highest BCUT2D eigenvalue weighted by Gasteiger charge is 2.38. The summed E-state index contributed by atoms with van der Waals surface area (Å²) in [7, 11) is 1.65. The van der Waals surface area contributed by atoms with Gasteiger partial charge in [0.25, 0.3) is 0 Å². The third-order valence-corrected chi connectivity index (χ3v) is 4.73. The Balaban J connectivity index is 2.21. The number of nitrogens with zero attached hydrogens (tertiary/aromatic N) is 3. The van der Waals surface area contributed by atoms with Crippen molar-refractivity contribution in [3.05, 3.63) is 16.9 Å². The molecule has 0 spiro atoms. The molecule has 2 rings (SSSR count). The van der Waals surface area contributed by atoms with Gasteiger partial charge in [-0.05, 0) is 39.8 Å². The number of ether oxygens (including phenoxy) is 1. The number of hydrogen-bond donors (Lipinski definition) is 1. The SMILES string of the molecule is COCCn1ncc(Cl)c1C(O)C(C)(C)N1CCCCC1. The van der Waals surface area contributed by atoms with Gasteiger partial charge in [-0.25, -0.2) is 0 Å². The van der Waals surface area contributed by atoms with E-state index in [1.165, 1.54) is 19.3 Å². The molecule has 1 unspecified atom stereocenters. The summed E-state index contributed by atoms with van der Waals surface area (Å²) in [5.74, 6) is 0. The zero-order valence-corrected chi connectivity index (χ0v) is 13.9. The van der Waals surface area contributed by atoms with Crippen LogP contribution < -0.4 is 0 Å². The third kappa shape index (κ3) is 3.59. The van der Waals surface area contributed by atoms with E-state index in [4.69, 9.17) is 16.3 Å². The molecule has 2 heterocycles. The van der Waals surface area contributed by atoms with Crippen LogP contribution in [-0.4, -0.2) is 52.1 Å². The minimum Gasteiger partial charge on any atom is -0.385 e. The van der Waals surface area contributed by atoms with Crippen molar-refractivity contribution in [1.82, 2.24) is 14.7 Å². The van der Waals surface area contributed by atoms with Gasteiger partial charge in [-0.2, -0.15) is 5.10 Å². The minimum absolute atomic E-state index is 0.366. The van der Waals surface area contributed by atoms with Crippen LogP contribution in [-0.2, 0) is 11.3 Å². The van der Waals surface area contributed by atoms with Crippen LogP contribution in [0.2, 0.25) is 5.02 Å². The number of aliphatic hydroxyl groups is 1. The van der Waals surface area contributed by atoms with Gasteiger partial charge in [0.15, 0.2) is 0 Å². The largest absolute Gasteiger partial charge is 0.385 e. The maximum Gasteiger partial charge on any atom is 0.115 e. The van der Waals surface area contributed by atoms with Crippen LogP contribution in [0.25, 0.3) is 0 Å². The smallest absolute Gasteiger partial charge is 0.115 e. The lowest BCUT2D eigenvalue weighted by Gasteiger charge is -2.44. The molecule has 6 heteroatoms. The number of hydrogen-bond acceptors (Lipinski definition) is 4. The quantitative estimate of drug-likeness (QED) is 0.876. The Kier molecular flexibility index (Phi) is 5.66. The van der Waals surface area contributed by atoms with Crippen molar-refractivity contribution in [2.45, 2.75) is 51.3 Å². The van der Waals surface area contributed by atoms with Crippen LogP contribution in [0.3, 0.4) is 0 Å². The molecule has 0 aromatic carbocycles. The Morgan fingerprint density at radius 2 is 2.05 bits per heavy atom. The van der Waals surface area contributed by atoms with Crippen molar-refractivity contribution in [2.75, 3.05) is 26.8 Å². The molecule has 0 aliphatic carbocycles. The highest BCUT2D eigenvalue weighted by Crippen LogP contribution is 2.36. The Bertz CT molecular complexity index is 456. The van der Waals surface area contributed by atoms with Crippen LogP contribution in [0.15, 0.2) is 6.20 Å². The lowest BCUT2D eigenvalue weighted by molar-refractivity contribution is -0.0255. The maximum absolute atomic E-state index is 10.9. The van der Waals surface area contributed by atoms with Gasteiger partial charge in [0.2, 0.25) is 0 Å². The highest BCUT2D eigenvalue weighted by atomic mass is 35.5. The van der Waals surface area contributed by atoms with E-state index in [1.807, 2.05) is 0 Å². The molecule has 1 aliphatic heterocycles. The Hall–Kier alpha value is -0.620. The van der Waals surface area contributed by atoms with Gasteiger partial charge in [0, 0.05) is 12.6 Å². The summed E-state index contributed by atoms with van der Waals surface area (Å²) in [4.78, 5) is 2.35. The second kappa shape index (κ2) is 7.09. The average Bonchev–Trinajstić information content (AvgIpc) is 2.86. The van der Waals surface area contributed by atoms with Crippen molar-refractivity contribution in [3.63, 3.8) is 0 Å². The van der Waals surface area contributed by atoms with E-state index >= 15 is 0 Å². The first-order chi connectivity index (χ1) is 9.98. The summed E-state index contributed by atoms with van der Waals surface area (Å²) in [6.45, 7) is 7.33. The molecule has 1 aromatic heterocycles. The third-order valence-electron chi connectivity index (χ3n) is 4.44. The summed E-state index contributed by atoms with van der Waals surface area (Å²) < 4.78 is 6.85. The molecule has 0 amide bonds. The predicted octanol–water partition coefficient (Wildman–Crippen LogP) is 2.48. The molecule has 5 nitrogen and oxygen atoms in total. The van der Waals surface area contributed by atoms with Gasteiger partial charge in [-0.15, -0.1) is 0 Å². The van der Waals surface area contributed by atoms with Gasteiger partial charge in [-0.1, -0.05) is 18.0 Å². The van der Waals surface area contributed by atoms with E-state index in [2.05, 4.69) is 23.8 Å². The maximum atomic E-state index is 10.9. The number of rotatable bonds is 6. The van der Waals surface area contributed by atoms with E-state index in [0.29, 0.717) is 23.9 Å². The van der Waals surface area contributed by atoms with Crippen molar-refractivity contribution >= 4 is 11.6 Å². The van der Waals surface area contributed by atoms with Crippen LogP contribution in [0.5, 0.6) is 0 Å². The molecular formula is C15H26ClN3O2. The number of methoxy groups -OCH3 is 1. The normalized spacial score (nSPS) is 18.9. The number of piperidine rings is 1. The highest BCUT2D eigenvalue weighted by molar-refractivity contribution is 6.31. The Morgan fingerprint density at radius 1 is 1.38 bits per heavy atom. The zero-order chi connectivity index (χ0) is 15.5. The van der Waals surface area contributed by atoms with E-state index in [-0.39, 0.29) is 5.54 Å². The van der Waals surface area contributed by atoms with Crippen LogP contribution in [0.1, 0.15) is 44.9 Å². The number of aromatic nitrogens is 2. The second-order valence-corrected chi connectivity index (χ2v) is 6.60.